The Labute approximate surface area is 124 Å². The maximum absolute atomic E-state index is 12.5. The lowest BCUT2D eigenvalue weighted by molar-refractivity contribution is -0.137. The van der Waals surface area contributed by atoms with Gasteiger partial charge in [-0.15, -0.1) is 0 Å². The predicted molar refractivity (Wildman–Crippen MR) is 70.7 cm³/mol. The first-order valence-electron chi connectivity index (χ1n) is 6.74. The molecule has 5 nitrogen and oxygen atoms in total. The van der Waals surface area contributed by atoms with E-state index in [2.05, 4.69) is 10.1 Å². The van der Waals surface area contributed by atoms with Gasteiger partial charge in [-0.2, -0.15) is 18.2 Å². The number of likely N-dealkylation sites (N-methyl/N-ethyl adjacent to an activating group) is 1. The molecule has 0 spiro atoms. The number of aliphatic hydroxyl groups is 1. The zero-order valence-electron chi connectivity index (χ0n) is 11.7. The summed E-state index contributed by atoms with van der Waals surface area (Å²) in [6.45, 7) is 0.517. The normalized spacial score (nSPS) is 23.1. The molecule has 0 bridgehead atoms. The highest BCUT2D eigenvalue weighted by Crippen LogP contribution is 2.32. The topological polar surface area (TPSA) is 62.4 Å². The average Bonchev–Trinajstić information content (AvgIpc) is 3.04. The van der Waals surface area contributed by atoms with Crippen molar-refractivity contribution in [2.24, 2.45) is 0 Å². The van der Waals surface area contributed by atoms with E-state index < -0.39 is 17.8 Å². The Morgan fingerprint density at radius 2 is 1.95 bits per heavy atom. The SMILES string of the molecule is CN1C[C@H](O)C[C@H]1c1nc(-c2ccc(C(F)(F)F)cc2)no1. The third-order valence-electron chi connectivity index (χ3n) is 3.72. The number of alkyl halides is 3. The Balaban J connectivity index is 1.82. The number of rotatable bonds is 2. The molecule has 0 unspecified atom stereocenters. The molecule has 3 rings (SSSR count). The van der Waals surface area contributed by atoms with Gasteiger partial charge in [-0.3, -0.25) is 4.90 Å². The van der Waals surface area contributed by atoms with Crippen LogP contribution >= 0.6 is 0 Å². The van der Waals surface area contributed by atoms with E-state index in [0.717, 1.165) is 12.1 Å². The second-order valence-electron chi connectivity index (χ2n) is 5.38. The molecule has 1 N–H and O–H groups in total. The fourth-order valence-corrected chi connectivity index (χ4v) is 2.56. The van der Waals surface area contributed by atoms with Gasteiger partial charge in [0.2, 0.25) is 11.7 Å². The quantitative estimate of drug-likeness (QED) is 0.923. The van der Waals surface area contributed by atoms with Gasteiger partial charge in [0, 0.05) is 12.1 Å². The number of likely N-dealkylation sites (tertiary alicyclic amines) is 1. The van der Waals surface area contributed by atoms with Gasteiger partial charge in [-0.25, -0.2) is 0 Å². The van der Waals surface area contributed by atoms with E-state index in [1.54, 1.807) is 0 Å². The first-order chi connectivity index (χ1) is 10.3. The van der Waals surface area contributed by atoms with Crippen LogP contribution in [0.3, 0.4) is 0 Å². The van der Waals surface area contributed by atoms with Crippen molar-refractivity contribution in [1.29, 1.82) is 0 Å². The van der Waals surface area contributed by atoms with Gasteiger partial charge in [0.25, 0.3) is 0 Å². The summed E-state index contributed by atoms with van der Waals surface area (Å²) in [5.41, 5.74) is -0.275. The maximum Gasteiger partial charge on any atom is 0.416 e. The van der Waals surface area contributed by atoms with Crippen molar-refractivity contribution in [1.82, 2.24) is 15.0 Å². The number of halogens is 3. The van der Waals surface area contributed by atoms with E-state index in [1.165, 1.54) is 12.1 Å². The molecule has 2 heterocycles. The zero-order valence-corrected chi connectivity index (χ0v) is 11.7. The monoisotopic (exact) mass is 313 g/mol. The van der Waals surface area contributed by atoms with Gasteiger partial charge in [0.05, 0.1) is 17.7 Å². The summed E-state index contributed by atoms with van der Waals surface area (Å²) in [4.78, 5) is 6.12. The molecule has 118 valence electrons. The lowest BCUT2D eigenvalue weighted by atomic mass is 10.1. The molecule has 2 aromatic rings. The predicted octanol–water partition coefficient (Wildman–Crippen LogP) is 2.49. The molecule has 1 fully saturated rings. The number of aromatic nitrogens is 2. The van der Waals surface area contributed by atoms with Crippen LogP contribution in [-0.2, 0) is 6.18 Å². The summed E-state index contributed by atoms with van der Waals surface area (Å²) in [6.07, 6.45) is -4.33. The van der Waals surface area contributed by atoms with Crippen LogP contribution in [0.25, 0.3) is 11.4 Å². The Kier molecular flexibility index (Phi) is 3.65. The van der Waals surface area contributed by atoms with Crippen LogP contribution < -0.4 is 0 Å². The third kappa shape index (κ3) is 2.84. The fraction of sp³-hybridized carbons (Fsp3) is 0.429. The van der Waals surface area contributed by atoms with Crippen LogP contribution in [-0.4, -0.2) is 39.8 Å². The summed E-state index contributed by atoms with van der Waals surface area (Å²) in [5.74, 6) is 0.590. The van der Waals surface area contributed by atoms with Gasteiger partial charge in [0.15, 0.2) is 0 Å². The van der Waals surface area contributed by atoms with Crippen molar-refractivity contribution in [2.75, 3.05) is 13.6 Å². The number of nitrogens with zero attached hydrogens (tertiary/aromatic N) is 3. The van der Waals surface area contributed by atoms with E-state index in [4.69, 9.17) is 4.52 Å². The van der Waals surface area contributed by atoms with Gasteiger partial charge < -0.3 is 9.63 Å². The second-order valence-corrected chi connectivity index (χ2v) is 5.38. The molecule has 0 saturated carbocycles. The van der Waals surface area contributed by atoms with Crippen LogP contribution in [0.1, 0.15) is 23.9 Å². The number of benzene rings is 1. The molecule has 8 heteroatoms. The lowest BCUT2D eigenvalue weighted by Crippen LogP contribution is -2.19. The molecule has 1 aromatic carbocycles. The first kappa shape index (κ1) is 15.0. The number of hydrogen-bond donors (Lipinski definition) is 1. The third-order valence-corrected chi connectivity index (χ3v) is 3.72. The minimum Gasteiger partial charge on any atom is -0.392 e. The molecule has 1 saturated heterocycles. The van der Waals surface area contributed by atoms with Crippen LogP contribution in [0.15, 0.2) is 28.8 Å². The first-order valence-corrected chi connectivity index (χ1v) is 6.74. The summed E-state index contributed by atoms with van der Waals surface area (Å²) in [6, 6.07) is 4.41. The Morgan fingerprint density at radius 3 is 2.50 bits per heavy atom. The number of hydrogen-bond acceptors (Lipinski definition) is 5. The average molecular weight is 313 g/mol. The highest BCUT2D eigenvalue weighted by atomic mass is 19.4. The van der Waals surface area contributed by atoms with Gasteiger partial charge in [0.1, 0.15) is 0 Å². The molecule has 0 amide bonds. The molecule has 1 aliphatic rings. The van der Waals surface area contributed by atoms with Crippen molar-refractivity contribution in [3.63, 3.8) is 0 Å². The zero-order chi connectivity index (χ0) is 15.9. The van der Waals surface area contributed by atoms with E-state index in [9.17, 15) is 18.3 Å². The lowest BCUT2D eigenvalue weighted by Gasteiger charge is -2.13. The minimum absolute atomic E-state index is 0.175. The van der Waals surface area contributed by atoms with Crippen molar-refractivity contribution in [3.8, 4) is 11.4 Å². The fourth-order valence-electron chi connectivity index (χ4n) is 2.56. The van der Waals surface area contributed by atoms with Crippen LogP contribution in [0, 0.1) is 0 Å². The summed E-state index contributed by atoms with van der Waals surface area (Å²) < 4.78 is 42.8. The van der Waals surface area contributed by atoms with Gasteiger partial charge >= 0.3 is 6.18 Å². The Bertz CT molecular complexity index is 654. The number of aliphatic hydroxyl groups excluding tert-OH is 1. The minimum atomic E-state index is -4.37. The molecular formula is C14H14F3N3O2. The van der Waals surface area contributed by atoms with Gasteiger partial charge in [-0.05, 0) is 25.6 Å². The highest BCUT2D eigenvalue weighted by molar-refractivity contribution is 5.54. The largest absolute Gasteiger partial charge is 0.416 e. The number of β-amino-alcohol motifs (C(OH)–C–C–N with tert-alkyl or cyclic N) is 1. The van der Waals surface area contributed by atoms with Gasteiger partial charge in [-0.1, -0.05) is 17.3 Å². The standard InChI is InChI=1S/C14H14F3N3O2/c1-20-7-10(21)6-11(20)13-18-12(19-22-13)8-2-4-9(5-3-8)14(15,16)17/h2-5,10-11,21H,6-7H2,1H3/t10-,11+/m1/s1. The van der Waals surface area contributed by atoms with Crippen molar-refractivity contribution in [3.05, 3.63) is 35.7 Å². The molecule has 2 atom stereocenters. The van der Waals surface area contributed by atoms with Crippen molar-refractivity contribution in [2.45, 2.75) is 24.7 Å². The van der Waals surface area contributed by atoms with Crippen molar-refractivity contribution < 1.29 is 22.8 Å². The van der Waals surface area contributed by atoms with Crippen LogP contribution in [0.4, 0.5) is 13.2 Å². The van der Waals surface area contributed by atoms with E-state index >= 15 is 0 Å². The van der Waals surface area contributed by atoms with E-state index in [0.29, 0.717) is 24.4 Å². The summed E-state index contributed by atoms with van der Waals surface area (Å²) in [5, 5.41) is 13.4. The Hall–Kier alpha value is -1.93. The van der Waals surface area contributed by atoms with E-state index in [1.807, 2.05) is 11.9 Å². The summed E-state index contributed by atoms with van der Waals surface area (Å²) >= 11 is 0. The molecule has 1 aliphatic heterocycles. The van der Waals surface area contributed by atoms with Crippen LogP contribution in [0.5, 0.6) is 0 Å². The summed E-state index contributed by atoms with van der Waals surface area (Å²) in [7, 11) is 1.84. The molecule has 22 heavy (non-hydrogen) atoms. The molecule has 1 aromatic heterocycles. The van der Waals surface area contributed by atoms with Crippen LogP contribution in [0.2, 0.25) is 0 Å². The molecule has 0 aliphatic carbocycles. The van der Waals surface area contributed by atoms with E-state index in [-0.39, 0.29) is 11.9 Å². The highest BCUT2D eigenvalue weighted by Gasteiger charge is 2.34. The second kappa shape index (κ2) is 5.36. The molecular weight excluding hydrogens is 299 g/mol. The van der Waals surface area contributed by atoms with Crippen molar-refractivity contribution >= 4 is 0 Å². The molecule has 0 radical (unpaired) electrons. The maximum atomic E-state index is 12.5. The Morgan fingerprint density at radius 1 is 1.27 bits per heavy atom. The smallest absolute Gasteiger partial charge is 0.392 e.